The minimum absolute atomic E-state index is 0.0553. The molecule has 6 heteroatoms. The summed E-state index contributed by atoms with van der Waals surface area (Å²) in [5, 5.41) is 3.11. The first-order chi connectivity index (χ1) is 9.95. The zero-order valence-electron chi connectivity index (χ0n) is 11.6. The van der Waals surface area contributed by atoms with Crippen molar-refractivity contribution in [3.63, 3.8) is 0 Å². The van der Waals surface area contributed by atoms with Crippen LogP contribution in [0.5, 0.6) is 5.75 Å². The highest BCUT2D eigenvalue weighted by molar-refractivity contribution is 9.10. The van der Waals surface area contributed by atoms with Crippen molar-refractivity contribution < 1.29 is 9.53 Å². The molecule has 0 bridgehead atoms. The van der Waals surface area contributed by atoms with Crippen molar-refractivity contribution in [1.29, 1.82) is 0 Å². The molecule has 1 heterocycles. The molecule has 0 aliphatic carbocycles. The van der Waals surface area contributed by atoms with Crippen molar-refractivity contribution in [2.45, 2.75) is 20.0 Å². The molecule has 110 valence electrons. The van der Waals surface area contributed by atoms with Crippen molar-refractivity contribution in [1.82, 2.24) is 4.98 Å². The van der Waals surface area contributed by atoms with Crippen molar-refractivity contribution in [2.75, 3.05) is 5.32 Å². The second-order valence-corrected chi connectivity index (χ2v) is 5.86. The molecule has 1 amide bonds. The van der Waals surface area contributed by atoms with Crippen LogP contribution >= 0.6 is 27.5 Å². The lowest BCUT2D eigenvalue weighted by Crippen LogP contribution is -2.13. The van der Waals surface area contributed by atoms with Gasteiger partial charge in [0.25, 0.3) is 5.91 Å². The second-order valence-electron chi connectivity index (χ2n) is 4.65. The van der Waals surface area contributed by atoms with E-state index in [1.54, 1.807) is 24.3 Å². The van der Waals surface area contributed by atoms with Gasteiger partial charge in [0.15, 0.2) is 0 Å². The van der Waals surface area contributed by atoms with E-state index in [1.165, 1.54) is 6.20 Å². The van der Waals surface area contributed by atoms with Crippen LogP contribution in [0.3, 0.4) is 0 Å². The molecule has 0 spiro atoms. The standard InChI is InChI=1S/C15H14BrClN2O2/c1-9(2)21-12-5-3-4-10(6-12)15(20)19-11-7-13(16)14(17)18-8-11/h3-9H,1-2H3,(H,19,20). The Bertz CT molecular complexity index is 662. The van der Waals surface area contributed by atoms with Crippen molar-refractivity contribution in [2.24, 2.45) is 0 Å². The van der Waals surface area contributed by atoms with E-state index in [1.807, 2.05) is 19.9 Å². The van der Waals surface area contributed by atoms with E-state index in [0.717, 1.165) is 0 Å². The van der Waals surface area contributed by atoms with Gasteiger partial charge in [-0.15, -0.1) is 0 Å². The highest BCUT2D eigenvalue weighted by Gasteiger charge is 2.09. The van der Waals surface area contributed by atoms with Crippen LogP contribution in [0.1, 0.15) is 24.2 Å². The predicted molar refractivity (Wildman–Crippen MR) is 87.1 cm³/mol. The number of carbonyl (C=O) groups is 1. The minimum Gasteiger partial charge on any atom is -0.491 e. The monoisotopic (exact) mass is 368 g/mol. The molecule has 1 aromatic carbocycles. The zero-order chi connectivity index (χ0) is 15.4. The minimum atomic E-state index is -0.236. The van der Waals surface area contributed by atoms with Gasteiger partial charge in [-0.2, -0.15) is 0 Å². The Morgan fingerprint density at radius 3 is 2.81 bits per heavy atom. The summed E-state index contributed by atoms with van der Waals surface area (Å²) in [6, 6.07) is 8.72. The number of nitrogens with one attached hydrogen (secondary N) is 1. The number of pyridine rings is 1. The maximum Gasteiger partial charge on any atom is 0.255 e. The van der Waals surface area contributed by atoms with E-state index in [0.29, 0.717) is 26.6 Å². The zero-order valence-corrected chi connectivity index (χ0v) is 13.9. The van der Waals surface area contributed by atoms with E-state index < -0.39 is 0 Å². The van der Waals surface area contributed by atoms with Gasteiger partial charge in [-0.3, -0.25) is 4.79 Å². The first kappa shape index (κ1) is 15.8. The van der Waals surface area contributed by atoms with E-state index in [-0.39, 0.29) is 12.0 Å². The number of hydrogen-bond donors (Lipinski definition) is 1. The highest BCUT2D eigenvalue weighted by Crippen LogP contribution is 2.23. The molecule has 21 heavy (non-hydrogen) atoms. The van der Waals surface area contributed by atoms with Gasteiger partial charge in [-0.25, -0.2) is 4.98 Å². The topological polar surface area (TPSA) is 51.2 Å². The van der Waals surface area contributed by atoms with Crippen LogP contribution in [-0.4, -0.2) is 17.0 Å². The first-order valence-electron chi connectivity index (χ1n) is 6.35. The quantitative estimate of drug-likeness (QED) is 0.805. The number of aromatic nitrogens is 1. The van der Waals surface area contributed by atoms with E-state index in [2.05, 4.69) is 26.2 Å². The molecular formula is C15H14BrClN2O2. The Hall–Kier alpha value is -1.59. The molecule has 2 rings (SSSR count). The van der Waals surface area contributed by atoms with Gasteiger partial charge >= 0.3 is 0 Å². The molecule has 0 saturated heterocycles. The Morgan fingerprint density at radius 1 is 1.38 bits per heavy atom. The van der Waals surface area contributed by atoms with E-state index >= 15 is 0 Å². The Balaban J connectivity index is 2.14. The fourth-order valence-corrected chi connectivity index (χ4v) is 2.13. The lowest BCUT2D eigenvalue weighted by atomic mass is 10.2. The fraction of sp³-hybridized carbons (Fsp3) is 0.200. The van der Waals surface area contributed by atoms with Crippen LogP contribution < -0.4 is 10.1 Å². The molecule has 0 aliphatic rings. The van der Waals surface area contributed by atoms with Crippen molar-refractivity contribution in [3.8, 4) is 5.75 Å². The van der Waals surface area contributed by atoms with Gasteiger partial charge in [-0.05, 0) is 54.0 Å². The summed E-state index contributed by atoms with van der Waals surface area (Å²) in [5.74, 6) is 0.424. The van der Waals surface area contributed by atoms with Crippen molar-refractivity contribution in [3.05, 3.63) is 51.7 Å². The molecule has 0 aliphatic heterocycles. The average molecular weight is 370 g/mol. The molecule has 1 aromatic heterocycles. The van der Waals surface area contributed by atoms with E-state index in [4.69, 9.17) is 16.3 Å². The Morgan fingerprint density at radius 2 is 2.14 bits per heavy atom. The van der Waals surface area contributed by atoms with Gasteiger partial charge < -0.3 is 10.1 Å². The van der Waals surface area contributed by atoms with Gasteiger partial charge in [0, 0.05) is 5.56 Å². The SMILES string of the molecule is CC(C)Oc1cccc(C(=O)Nc2cnc(Cl)c(Br)c2)c1. The molecule has 0 fully saturated rings. The summed E-state index contributed by atoms with van der Waals surface area (Å²) >= 11 is 9.08. The molecule has 4 nitrogen and oxygen atoms in total. The number of hydrogen-bond acceptors (Lipinski definition) is 3. The third-order valence-corrected chi connectivity index (χ3v) is 3.66. The third-order valence-electron chi connectivity index (χ3n) is 2.52. The first-order valence-corrected chi connectivity index (χ1v) is 7.52. The van der Waals surface area contributed by atoms with Crippen molar-refractivity contribution >= 4 is 39.1 Å². The molecule has 1 N–H and O–H groups in total. The number of benzene rings is 1. The van der Waals surface area contributed by atoms with Gasteiger partial charge in [0.05, 0.1) is 22.5 Å². The normalized spacial score (nSPS) is 10.5. The molecule has 2 aromatic rings. The van der Waals surface area contributed by atoms with E-state index in [9.17, 15) is 4.79 Å². The summed E-state index contributed by atoms with van der Waals surface area (Å²) < 4.78 is 6.20. The Kier molecular flexibility index (Phi) is 5.20. The lowest BCUT2D eigenvalue weighted by molar-refractivity contribution is 0.102. The largest absolute Gasteiger partial charge is 0.491 e. The average Bonchev–Trinajstić information content (AvgIpc) is 2.42. The third kappa shape index (κ3) is 4.44. The number of ether oxygens (including phenoxy) is 1. The Labute approximate surface area is 136 Å². The number of rotatable bonds is 4. The second kappa shape index (κ2) is 6.91. The summed E-state index contributed by atoms with van der Waals surface area (Å²) in [4.78, 5) is 16.2. The molecule has 0 saturated carbocycles. The maximum absolute atomic E-state index is 12.2. The van der Waals surface area contributed by atoms with Gasteiger partial charge in [0.1, 0.15) is 10.9 Å². The molecule has 0 radical (unpaired) electrons. The smallest absolute Gasteiger partial charge is 0.255 e. The fourth-order valence-electron chi connectivity index (χ4n) is 1.68. The number of anilines is 1. The van der Waals surface area contributed by atoms with Crippen LogP contribution in [-0.2, 0) is 0 Å². The summed E-state index contributed by atoms with van der Waals surface area (Å²) in [6.07, 6.45) is 1.55. The number of amides is 1. The van der Waals surface area contributed by atoms with Crippen LogP contribution in [0.4, 0.5) is 5.69 Å². The number of halogens is 2. The summed E-state index contributed by atoms with van der Waals surface area (Å²) in [5.41, 5.74) is 1.07. The van der Waals surface area contributed by atoms with Gasteiger partial charge in [-0.1, -0.05) is 17.7 Å². The van der Waals surface area contributed by atoms with Crippen LogP contribution in [0.15, 0.2) is 41.0 Å². The van der Waals surface area contributed by atoms with Crippen LogP contribution in [0.25, 0.3) is 0 Å². The summed E-state index contributed by atoms with van der Waals surface area (Å²) in [6.45, 7) is 3.87. The summed E-state index contributed by atoms with van der Waals surface area (Å²) in [7, 11) is 0. The number of nitrogens with zero attached hydrogens (tertiary/aromatic N) is 1. The highest BCUT2D eigenvalue weighted by atomic mass is 79.9. The van der Waals surface area contributed by atoms with Gasteiger partial charge in [0.2, 0.25) is 0 Å². The lowest BCUT2D eigenvalue weighted by Gasteiger charge is -2.11. The van der Waals surface area contributed by atoms with Crippen LogP contribution in [0.2, 0.25) is 5.15 Å². The molecular weight excluding hydrogens is 356 g/mol. The molecule has 0 atom stereocenters. The molecule has 0 unspecified atom stereocenters. The predicted octanol–water partition coefficient (Wildman–Crippen LogP) is 4.54. The maximum atomic E-state index is 12.2. The van der Waals surface area contributed by atoms with Crippen LogP contribution in [0, 0.1) is 0 Å². The number of carbonyl (C=O) groups excluding carboxylic acids is 1.